The molecule has 0 unspecified atom stereocenters. The molecule has 4 rings (SSSR count). The van der Waals surface area contributed by atoms with E-state index in [9.17, 15) is 4.79 Å². The number of carbonyl (C=O) groups excluding carboxylic acids is 1. The molecule has 0 saturated carbocycles. The molecule has 3 aliphatic heterocycles. The Hall–Kier alpha value is -1.75. The number of hydrogen-bond acceptors (Lipinski definition) is 5. The largest absolute Gasteiger partial charge is 0.483 e. The lowest BCUT2D eigenvalue weighted by molar-refractivity contribution is -0.192. The maximum Gasteiger partial charge on any atom is 0.311 e. The molecule has 3 heterocycles. The summed E-state index contributed by atoms with van der Waals surface area (Å²) in [6.45, 7) is 12.8. The number of ether oxygens (including phenoxy) is 4. The summed E-state index contributed by atoms with van der Waals surface area (Å²) in [6.07, 6.45) is 3.16. The fraction of sp³-hybridized carbons (Fsp3) is 0.708. The van der Waals surface area contributed by atoms with Crippen molar-refractivity contribution in [3.05, 3.63) is 23.3 Å². The molecular formula is C24H34O5. The Balaban J connectivity index is 1.72. The zero-order valence-corrected chi connectivity index (χ0v) is 18.5. The van der Waals surface area contributed by atoms with Crippen LogP contribution in [0.5, 0.6) is 11.5 Å². The molecule has 0 aliphatic carbocycles. The molecule has 0 amide bonds. The molecule has 0 spiro atoms. The topological polar surface area (TPSA) is 54.0 Å². The number of fused-ring (bicyclic) bond motifs is 5. The van der Waals surface area contributed by atoms with E-state index in [0.29, 0.717) is 13.0 Å². The van der Waals surface area contributed by atoms with Crippen LogP contribution in [0.1, 0.15) is 78.0 Å². The summed E-state index contributed by atoms with van der Waals surface area (Å²) in [5, 5.41) is 0. The maximum atomic E-state index is 12.7. The molecule has 1 fully saturated rings. The Labute approximate surface area is 174 Å². The average molecular weight is 403 g/mol. The minimum Gasteiger partial charge on any atom is -0.483 e. The summed E-state index contributed by atoms with van der Waals surface area (Å²) in [4.78, 5) is 12.7. The van der Waals surface area contributed by atoms with Crippen LogP contribution >= 0.6 is 0 Å². The second kappa shape index (κ2) is 7.19. The second-order valence-electron chi connectivity index (χ2n) is 9.80. The SMILES string of the molecule is CCC[C@H]1O[C@H]2c3ccc4c(c3OC(C)(C)[C@@H]2C[C@H]1C(=O)OCC)OC(C)(C)C4. The highest BCUT2D eigenvalue weighted by Crippen LogP contribution is 2.57. The van der Waals surface area contributed by atoms with Crippen molar-refractivity contribution in [2.75, 3.05) is 6.61 Å². The Morgan fingerprint density at radius 2 is 1.90 bits per heavy atom. The van der Waals surface area contributed by atoms with Gasteiger partial charge in [0, 0.05) is 23.5 Å². The van der Waals surface area contributed by atoms with Gasteiger partial charge in [0.15, 0.2) is 11.5 Å². The smallest absolute Gasteiger partial charge is 0.311 e. The normalized spacial score (nSPS) is 31.0. The molecule has 1 aromatic carbocycles. The van der Waals surface area contributed by atoms with Gasteiger partial charge < -0.3 is 18.9 Å². The van der Waals surface area contributed by atoms with Gasteiger partial charge in [-0.1, -0.05) is 25.5 Å². The summed E-state index contributed by atoms with van der Waals surface area (Å²) >= 11 is 0. The van der Waals surface area contributed by atoms with Crippen molar-refractivity contribution in [3.8, 4) is 11.5 Å². The van der Waals surface area contributed by atoms with Gasteiger partial charge in [0.1, 0.15) is 11.2 Å². The van der Waals surface area contributed by atoms with Gasteiger partial charge in [-0.25, -0.2) is 0 Å². The minimum absolute atomic E-state index is 0.0741. The van der Waals surface area contributed by atoms with Gasteiger partial charge in [-0.3, -0.25) is 4.79 Å². The van der Waals surface area contributed by atoms with Gasteiger partial charge in [-0.05, 0) is 47.5 Å². The number of carbonyl (C=O) groups is 1. The van der Waals surface area contributed by atoms with Gasteiger partial charge in [-0.2, -0.15) is 0 Å². The van der Waals surface area contributed by atoms with Crippen LogP contribution in [0, 0.1) is 11.8 Å². The third-order valence-electron chi connectivity index (χ3n) is 6.59. The highest BCUT2D eigenvalue weighted by Gasteiger charge is 2.53. The van der Waals surface area contributed by atoms with Crippen molar-refractivity contribution in [1.29, 1.82) is 0 Å². The summed E-state index contributed by atoms with van der Waals surface area (Å²) < 4.78 is 24.9. The van der Waals surface area contributed by atoms with Gasteiger partial charge in [-0.15, -0.1) is 0 Å². The van der Waals surface area contributed by atoms with Gasteiger partial charge in [0.05, 0.1) is 24.7 Å². The number of esters is 1. The van der Waals surface area contributed by atoms with Crippen LogP contribution in [-0.2, 0) is 20.7 Å². The lowest BCUT2D eigenvalue weighted by atomic mass is 9.71. The summed E-state index contributed by atoms with van der Waals surface area (Å²) in [5.41, 5.74) is 1.54. The highest BCUT2D eigenvalue weighted by atomic mass is 16.6. The third kappa shape index (κ3) is 3.52. The first-order valence-electron chi connectivity index (χ1n) is 11.0. The molecular weight excluding hydrogens is 368 g/mol. The van der Waals surface area contributed by atoms with Crippen molar-refractivity contribution in [3.63, 3.8) is 0 Å². The second-order valence-corrected chi connectivity index (χ2v) is 9.80. The van der Waals surface area contributed by atoms with E-state index in [4.69, 9.17) is 18.9 Å². The first-order valence-corrected chi connectivity index (χ1v) is 11.0. The fourth-order valence-electron chi connectivity index (χ4n) is 5.23. The van der Waals surface area contributed by atoms with Crippen LogP contribution < -0.4 is 9.47 Å². The quantitative estimate of drug-likeness (QED) is 0.664. The third-order valence-corrected chi connectivity index (χ3v) is 6.59. The standard InChI is InChI=1S/C24H34O5/c1-7-9-18-16(22(25)26-8-2)12-17-20(27-18)15-11-10-14-13-23(3,4)28-19(14)21(15)29-24(17,5)6/h10-11,16-18,20H,7-9,12-13H2,1-6H3/t16-,17-,18-,20+/m1/s1. The van der Waals surface area contributed by atoms with E-state index < -0.39 is 5.60 Å². The Morgan fingerprint density at radius 1 is 1.14 bits per heavy atom. The Kier molecular flexibility index (Phi) is 5.09. The fourth-order valence-corrected chi connectivity index (χ4v) is 5.23. The first kappa shape index (κ1) is 20.5. The van der Waals surface area contributed by atoms with Crippen LogP contribution in [-0.4, -0.2) is 29.9 Å². The van der Waals surface area contributed by atoms with Gasteiger partial charge in [0.2, 0.25) is 0 Å². The monoisotopic (exact) mass is 402 g/mol. The number of rotatable bonds is 4. The lowest BCUT2D eigenvalue weighted by Crippen LogP contribution is -2.52. The van der Waals surface area contributed by atoms with E-state index in [2.05, 4.69) is 46.8 Å². The van der Waals surface area contributed by atoms with E-state index in [1.54, 1.807) is 0 Å². The maximum absolute atomic E-state index is 12.7. The van der Waals surface area contributed by atoms with Crippen molar-refractivity contribution in [2.24, 2.45) is 11.8 Å². The lowest BCUT2D eigenvalue weighted by Gasteiger charge is -2.50. The average Bonchev–Trinajstić information content (AvgIpc) is 2.96. The van der Waals surface area contributed by atoms with Crippen LogP contribution in [0.4, 0.5) is 0 Å². The van der Waals surface area contributed by atoms with E-state index in [0.717, 1.165) is 36.3 Å². The van der Waals surface area contributed by atoms with Gasteiger partial charge in [0.25, 0.3) is 0 Å². The van der Waals surface area contributed by atoms with Gasteiger partial charge >= 0.3 is 5.97 Å². The van der Waals surface area contributed by atoms with Crippen LogP contribution in [0.2, 0.25) is 0 Å². The molecule has 1 saturated heterocycles. The number of hydrogen-bond donors (Lipinski definition) is 0. The van der Waals surface area contributed by atoms with E-state index in [1.807, 2.05) is 6.92 Å². The molecule has 0 aromatic heterocycles. The molecule has 5 nitrogen and oxygen atoms in total. The molecule has 0 bridgehead atoms. The first-order chi connectivity index (χ1) is 13.7. The van der Waals surface area contributed by atoms with Crippen LogP contribution in [0.25, 0.3) is 0 Å². The molecule has 0 radical (unpaired) electrons. The molecule has 4 atom stereocenters. The van der Waals surface area contributed by atoms with Crippen LogP contribution in [0.3, 0.4) is 0 Å². The summed E-state index contributed by atoms with van der Waals surface area (Å²) in [7, 11) is 0. The highest BCUT2D eigenvalue weighted by molar-refractivity contribution is 5.73. The molecule has 5 heteroatoms. The zero-order chi connectivity index (χ0) is 21.0. The molecule has 29 heavy (non-hydrogen) atoms. The van der Waals surface area contributed by atoms with Crippen molar-refractivity contribution in [2.45, 2.75) is 90.6 Å². The predicted molar refractivity (Wildman–Crippen MR) is 110 cm³/mol. The summed E-state index contributed by atoms with van der Waals surface area (Å²) in [5.74, 6) is 1.37. The summed E-state index contributed by atoms with van der Waals surface area (Å²) in [6, 6.07) is 4.29. The van der Waals surface area contributed by atoms with Crippen LogP contribution in [0.15, 0.2) is 12.1 Å². The molecule has 0 N–H and O–H groups in total. The molecule has 160 valence electrons. The zero-order valence-electron chi connectivity index (χ0n) is 18.5. The van der Waals surface area contributed by atoms with E-state index in [1.165, 1.54) is 5.56 Å². The number of benzene rings is 1. The molecule has 3 aliphatic rings. The molecule has 1 aromatic rings. The van der Waals surface area contributed by atoms with E-state index >= 15 is 0 Å². The Morgan fingerprint density at radius 3 is 2.59 bits per heavy atom. The predicted octanol–water partition coefficient (Wildman–Crippen LogP) is 5.00. The van der Waals surface area contributed by atoms with Crippen molar-refractivity contribution >= 4 is 5.97 Å². The Bertz CT molecular complexity index is 797. The van der Waals surface area contributed by atoms with Crippen molar-refractivity contribution < 1.29 is 23.7 Å². The van der Waals surface area contributed by atoms with Crippen molar-refractivity contribution in [1.82, 2.24) is 0 Å². The minimum atomic E-state index is -0.467. The van der Waals surface area contributed by atoms with E-state index in [-0.39, 0.29) is 35.6 Å².